The number of nitrogens with two attached hydrogens (primary N) is 1. The van der Waals surface area contributed by atoms with Crippen LogP contribution >= 0.6 is 11.8 Å². The number of hydrogen-bond donors (Lipinski definition) is 2. The average molecular weight is 279 g/mol. The van der Waals surface area contributed by atoms with Crippen LogP contribution in [-0.4, -0.2) is 40.5 Å². The predicted molar refractivity (Wildman–Crippen MR) is 80.7 cm³/mol. The molecule has 19 heavy (non-hydrogen) atoms. The molecule has 0 amide bonds. The molecule has 1 aromatic carbocycles. The second-order valence-electron chi connectivity index (χ2n) is 4.72. The summed E-state index contributed by atoms with van der Waals surface area (Å²) in [5.41, 5.74) is 6.96. The fraction of sp³-hybridized carbons (Fsp3) is 0.500. The number of benzene rings is 1. The Bertz CT molecular complexity index is 402. The van der Waals surface area contributed by atoms with Gasteiger partial charge in [0.2, 0.25) is 0 Å². The monoisotopic (exact) mass is 279 g/mol. The molecule has 1 atom stereocenters. The van der Waals surface area contributed by atoms with Crippen molar-refractivity contribution in [3.05, 3.63) is 35.9 Å². The maximum absolute atomic E-state index is 8.82. The summed E-state index contributed by atoms with van der Waals surface area (Å²) < 4.78 is 0. The third kappa shape index (κ3) is 4.14. The number of hydrogen-bond acceptors (Lipinski definition) is 4. The van der Waals surface area contributed by atoms with Gasteiger partial charge in [-0.3, -0.25) is 4.90 Å². The fourth-order valence-corrected chi connectivity index (χ4v) is 3.35. The van der Waals surface area contributed by atoms with Gasteiger partial charge in [-0.2, -0.15) is 11.8 Å². The highest BCUT2D eigenvalue weighted by molar-refractivity contribution is 7.99. The van der Waals surface area contributed by atoms with Crippen molar-refractivity contribution < 1.29 is 5.21 Å². The Morgan fingerprint density at radius 1 is 1.32 bits per heavy atom. The molecule has 0 radical (unpaired) electrons. The molecule has 1 unspecified atom stereocenters. The van der Waals surface area contributed by atoms with Gasteiger partial charge in [0.05, 0.1) is 0 Å². The van der Waals surface area contributed by atoms with E-state index in [4.69, 9.17) is 10.9 Å². The molecular weight excluding hydrogens is 258 g/mol. The summed E-state index contributed by atoms with van der Waals surface area (Å²) in [6.07, 6.45) is 1.77. The van der Waals surface area contributed by atoms with Crippen LogP contribution in [0.3, 0.4) is 0 Å². The average Bonchev–Trinajstić information content (AvgIpc) is 2.74. The highest BCUT2D eigenvalue weighted by atomic mass is 32.2. The number of oxime groups is 1. The number of thioether (sulfide) groups is 1. The number of nitrogens with zero attached hydrogens (tertiary/aromatic N) is 2. The smallest absolute Gasteiger partial charge is 0.141 e. The van der Waals surface area contributed by atoms with Gasteiger partial charge < -0.3 is 10.9 Å². The predicted octanol–water partition coefficient (Wildman–Crippen LogP) is 2.30. The molecule has 1 aliphatic rings. The van der Waals surface area contributed by atoms with E-state index in [1.807, 2.05) is 30.0 Å². The first-order valence-corrected chi connectivity index (χ1v) is 7.80. The quantitative estimate of drug-likeness (QED) is 0.384. The lowest BCUT2D eigenvalue weighted by Gasteiger charge is -2.30. The summed E-state index contributed by atoms with van der Waals surface area (Å²) in [6, 6.07) is 10.5. The van der Waals surface area contributed by atoms with Gasteiger partial charge in [-0.25, -0.2) is 0 Å². The second kappa shape index (κ2) is 7.40. The maximum Gasteiger partial charge on any atom is 0.141 e. The molecule has 0 aliphatic carbocycles. The third-order valence-corrected chi connectivity index (χ3v) is 4.46. The van der Waals surface area contributed by atoms with E-state index >= 15 is 0 Å². The summed E-state index contributed by atoms with van der Waals surface area (Å²) >= 11 is 2.00. The van der Waals surface area contributed by atoms with Crippen molar-refractivity contribution in [3.8, 4) is 0 Å². The van der Waals surface area contributed by atoms with Crippen molar-refractivity contribution in [1.29, 1.82) is 0 Å². The summed E-state index contributed by atoms with van der Waals surface area (Å²) in [4.78, 5) is 2.45. The van der Waals surface area contributed by atoms with Gasteiger partial charge in [0, 0.05) is 24.8 Å². The van der Waals surface area contributed by atoms with E-state index in [0.717, 1.165) is 18.8 Å². The van der Waals surface area contributed by atoms with Crippen LogP contribution in [0.25, 0.3) is 0 Å². The minimum absolute atomic E-state index is 0.204. The summed E-state index contributed by atoms with van der Waals surface area (Å²) in [6.45, 7) is 2.13. The lowest BCUT2D eigenvalue weighted by molar-refractivity contribution is 0.215. The molecule has 1 heterocycles. The van der Waals surface area contributed by atoms with E-state index in [0.29, 0.717) is 12.3 Å². The molecule has 1 saturated heterocycles. The Morgan fingerprint density at radius 2 is 2.11 bits per heavy atom. The number of amidine groups is 1. The van der Waals surface area contributed by atoms with Gasteiger partial charge in [-0.1, -0.05) is 35.5 Å². The minimum Gasteiger partial charge on any atom is -0.409 e. The van der Waals surface area contributed by atoms with Gasteiger partial charge in [0.25, 0.3) is 0 Å². The van der Waals surface area contributed by atoms with Crippen LogP contribution in [0.15, 0.2) is 35.5 Å². The Balaban J connectivity index is 2.17. The number of rotatable bonds is 4. The van der Waals surface area contributed by atoms with Gasteiger partial charge in [0.1, 0.15) is 5.84 Å². The Kier molecular flexibility index (Phi) is 5.54. The SMILES string of the molecule is NC(CC(c1ccccc1)N1CCCSCC1)=NO. The Labute approximate surface area is 118 Å². The highest BCUT2D eigenvalue weighted by Crippen LogP contribution is 2.26. The lowest BCUT2D eigenvalue weighted by atomic mass is 10.0. The Hall–Kier alpha value is -1.20. The van der Waals surface area contributed by atoms with Gasteiger partial charge in [-0.05, 0) is 24.3 Å². The van der Waals surface area contributed by atoms with Crippen molar-refractivity contribution in [2.75, 3.05) is 24.6 Å². The molecule has 4 nitrogen and oxygen atoms in total. The van der Waals surface area contributed by atoms with Crippen molar-refractivity contribution in [1.82, 2.24) is 4.90 Å². The van der Waals surface area contributed by atoms with Crippen LogP contribution < -0.4 is 5.73 Å². The molecule has 0 bridgehead atoms. The topological polar surface area (TPSA) is 61.8 Å². The molecular formula is C14H21N3OS. The van der Waals surface area contributed by atoms with E-state index < -0.39 is 0 Å². The second-order valence-corrected chi connectivity index (χ2v) is 5.95. The van der Waals surface area contributed by atoms with Crippen LogP contribution in [0.1, 0.15) is 24.4 Å². The van der Waals surface area contributed by atoms with Gasteiger partial charge >= 0.3 is 0 Å². The van der Waals surface area contributed by atoms with Crippen molar-refractivity contribution in [2.45, 2.75) is 18.9 Å². The van der Waals surface area contributed by atoms with Crippen LogP contribution in [0, 0.1) is 0 Å². The zero-order chi connectivity index (χ0) is 13.5. The van der Waals surface area contributed by atoms with E-state index in [2.05, 4.69) is 22.2 Å². The summed E-state index contributed by atoms with van der Waals surface area (Å²) in [7, 11) is 0. The van der Waals surface area contributed by atoms with E-state index in [9.17, 15) is 0 Å². The van der Waals surface area contributed by atoms with E-state index in [1.54, 1.807) is 0 Å². The van der Waals surface area contributed by atoms with Crippen molar-refractivity contribution in [2.24, 2.45) is 10.9 Å². The Morgan fingerprint density at radius 3 is 2.84 bits per heavy atom. The molecule has 0 spiro atoms. The maximum atomic E-state index is 8.82. The zero-order valence-electron chi connectivity index (χ0n) is 11.0. The molecule has 3 N–H and O–H groups in total. The first-order chi connectivity index (χ1) is 9.31. The molecule has 1 fully saturated rings. The van der Waals surface area contributed by atoms with Gasteiger partial charge in [0.15, 0.2) is 0 Å². The molecule has 0 saturated carbocycles. The first-order valence-electron chi connectivity index (χ1n) is 6.64. The normalized spacial score (nSPS) is 19.9. The fourth-order valence-electron chi connectivity index (χ4n) is 2.45. The molecule has 1 aliphatic heterocycles. The molecule has 2 rings (SSSR count). The largest absolute Gasteiger partial charge is 0.409 e. The molecule has 1 aromatic rings. The van der Waals surface area contributed by atoms with Crippen LogP contribution in [0.2, 0.25) is 0 Å². The summed E-state index contributed by atoms with van der Waals surface area (Å²) in [5, 5.41) is 12.0. The third-order valence-electron chi connectivity index (χ3n) is 3.41. The standard InChI is InChI=1S/C14H21N3OS/c15-14(16-18)11-13(12-5-2-1-3-6-12)17-7-4-9-19-10-8-17/h1-3,5-6,13,18H,4,7-11H2,(H2,15,16). The molecule has 5 heteroatoms. The minimum atomic E-state index is 0.204. The zero-order valence-corrected chi connectivity index (χ0v) is 11.9. The van der Waals surface area contributed by atoms with Crippen LogP contribution in [0.4, 0.5) is 0 Å². The van der Waals surface area contributed by atoms with E-state index in [1.165, 1.54) is 17.7 Å². The summed E-state index contributed by atoms with van der Waals surface area (Å²) in [5.74, 6) is 2.67. The van der Waals surface area contributed by atoms with Crippen LogP contribution in [-0.2, 0) is 0 Å². The van der Waals surface area contributed by atoms with Gasteiger partial charge in [-0.15, -0.1) is 0 Å². The molecule has 104 valence electrons. The van der Waals surface area contributed by atoms with E-state index in [-0.39, 0.29) is 6.04 Å². The van der Waals surface area contributed by atoms with Crippen molar-refractivity contribution in [3.63, 3.8) is 0 Å². The lowest BCUT2D eigenvalue weighted by Crippen LogP contribution is -2.33. The highest BCUT2D eigenvalue weighted by Gasteiger charge is 2.22. The first kappa shape index (κ1) is 14.2. The van der Waals surface area contributed by atoms with Crippen LogP contribution in [0.5, 0.6) is 0 Å². The molecule has 0 aromatic heterocycles. The van der Waals surface area contributed by atoms with Crippen molar-refractivity contribution >= 4 is 17.6 Å².